The maximum Gasteiger partial charge on any atom is 0.160 e. The lowest BCUT2D eigenvalue weighted by molar-refractivity contribution is 0.129. The van der Waals surface area contributed by atoms with Crippen molar-refractivity contribution in [2.24, 2.45) is 0 Å². The molecule has 0 radical (unpaired) electrons. The normalized spacial score (nSPS) is 13.0. The molecule has 0 N–H and O–H groups in total. The van der Waals surface area contributed by atoms with E-state index < -0.39 is 0 Å². The van der Waals surface area contributed by atoms with Gasteiger partial charge in [-0.3, -0.25) is 0 Å². The van der Waals surface area contributed by atoms with Crippen LogP contribution >= 0.6 is 11.6 Å². The van der Waals surface area contributed by atoms with Gasteiger partial charge in [0.2, 0.25) is 0 Å². The number of alkyl halides is 1. The Kier molecular flexibility index (Phi) is 5.16. The summed E-state index contributed by atoms with van der Waals surface area (Å²) in [5.41, 5.74) is 1.81. The summed E-state index contributed by atoms with van der Waals surface area (Å²) >= 11 is 6.20. The maximum atomic E-state index is 6.20. The van der Waals surface area contributed by atoms with E-state index in [2.05, 4.69) is 21.5 Å². The summed E-state index contributed by atoms with van der Waals surface area (Å²) in [5.74, 6) is 0.880. The van der Waals surface area contributed by atoms with Crippen molar-refractivity contribution < 1.29 is 4.74 Å². The molecule has 1 atom stereocenters. The van der Waals surface area contributed by atoms with Crippen LogP contribution in [0.25, 0.3) is 11.2 Å². The molecule has 4 nitrogen and oxygen atoms in total. The molecule has 2 aromatic rings. The van der Waals surface area contributed by atoms with Gasteiger partial charge in [-0.25, -0.2) is 9.97 Å². The second-order valence-electron chi connectivity index (χ2n) is 4.55. The molecular weight excluding hydrogens is 262 g/mol. The van der Waals surface area contributed by atoms with Crippen molar-refractivity contribution in [2.75, 3.05) is 13.2 Å². The van der Waals surface area contributed by atoms with Gasteiger partial charge in [0, 0.05) is 26.0 Å². The SMILES string of the molecule is CCCOCCCn1c(C(C)Cl)nc2cccnc21. The van der Waals surface area contributed by atoms with E-state index in [1.165, 1.54) is 0 Å². The molecular formula is C14H20ClN3O. The molecule has 0 aromatic carbocycles. The van der Waals surface area contributed by atoms with Crippen LogP contribution in [-0.2, 0) is 11.3 Å². The predicted octanol–water partition coefficient (Wildman–Crippen LogP) is 3.55. The zero-order chi connectivity index (χ0) is 13.7. The van der Waals surface area contributed by atoms with Gasteiger partial charge in [-0.05, 0) is 31.9 Å². The molecule has 0 saturated heterocycles. The first kappa shape index (κ1) is 14.3. The van der Waals surface area contributed by atoms with Crippen LogP contribution in [0.5, 0.6) is 0 Å². The maximum absolute atomic E-state index is 6.20. The van der Waals surface area contributed by atoms with Crippen molar-refractivity contribution in [3.8, 4) is 0 Å². The standard InChI is InChI=1S/C14H20ClN3O/c1-3-9-19-10-5-8-18-13(11(2)15)17-12-6-4-7-16-14(12)18/h4,6-7,11H,3,5,8-10H2,1-2H3. The highest BCUT2D eigenvalue weighted by atomic mass is 35.5. The fraction of sp³-hybridized carbons (Fsp3) is 0.571. The number of fused-ring (bicyclic) bond motifs is 1. The molecule has 0 aliphatic rings. The van der Waals surface area contributed by atoms with Gasteiger partial charge in [0.15, 0.2) is 5.65 Å². The smallest absolute Gasteiger partial charge is 0.160 e. The molecule has 2 aromatic heterocycles. The lowest BCUT2D eigenvalue weighted by atomic mass is 10.4. The summed E-state index contributed by atoms with van der Waals surface area (Å²) in [4.78, 5) is 8.96. The van der Waals surface area contributed by atoms with Gasteiger partial charge < -0.3 is 9.30 Å². The molecule has 0 amide bonds. The van der Waals surface area contributed by atoms with Crippen LogP contribution in [0.15, 0.2) is 18.3 Å². The molecule has 0 spiro atoms. The number of rotatable bonds is 7. The number of imidazole rings is 1. The van der Waals surface area contributed by atoms with Crippen LogP contribution < -0.4 is 0 Å². The topological polar surface area (TPSA) is 39.9 Å². The zero-order valence-electron chi connectivity index (χ0n) is 11.5. The summed E-state index contributed by atoms with van der Waals surface area (Å²) in [7, 11) is 0. The highest BCUT2D eigenvalue weighted by molar-refractivity contribution is 6.20. The fourth-order valence-corrected chi connectivity index (χ4v) is 2.24. The van der Waals surface area contributed by atoms with Crippen molar-refractivity contribution in [3.05, 3.63) is 24.2 Å². The molecule has 0 aliphatic heterocycles. The first-order valence-electron chi connectivity index (χ1n) is 6.77. The van der Waals surface area contributed by atoms with Crippen LogP contribution in [0, 0.1) is 0 Å². The molecule has 104 valence electrons. The lowest BCUT2D eigenvalue weighted by Gasteiger charge is -2.10. The minimum Gasteiger partial charge on any atom is -0.381 e. The molecule has 0 aliphatic carbocycles. The average molecular weight is 282 g/mol. The molecule has 19 heavy (non-hydrogen) atoms. The second-order valence-corrected chi connectivity index (χ2v) is 5.20. The van der Waals surface area contributed by atoms with Gasteiger partial charge in [-0.1, -0.05) is 6.92 Å². The van der Waals surface area contributed by atoms with E-state index in [1.807, 2.05) is 19.1 Å². The Labute approximate surface area is 118 Å². The van der Waals surface area contributed by atoms with Gasteiger partial charge in [0.1, 0.15) is 11.3 Å². The lowest BCUT2D eigenvalue weighted by Crippen LogP contribution is -2.08. The molecule has 5 heteroatoms. The van der Waals surface area contributed by atoms with E-state index in [0.29, 0.717) is 0 Å². The number of aromatic nitrogens is 3. The summed E-state index contributed by atoms with van der Waals surface area (Å²) in [6.45, 7) is 6.47. The van der Waals surface area contributed by atoms with Crippen LogP contribution in [0.3, 0.4) is 0 Å². The van der Waals surface area contributed by atoms with E-state index in [1.54, 1.807) is 6.20 Å². The number of hydrogen-bond acceptors (Lipinski definition) is 3. The third kappa shape index (κ3) is 3.45. The molecule has 2 rings (SSSR count). The first-order chi connectivity index (χ1) is 9.24. The average Bonchev–Trinajstić information content (AvgIpc) is 2.78. The monoisotopic (exact) mass is 281 g/mol. The van der Waals surface area contributed by atoms with Crippen LogP contribution in [0.2, 0.25) is 0 Å². The summed E-state index contributed by atoms with van der Waals surface area (Å²) in [6.07, 6.45) is 3.79. The Bertz CT molecular complexity index is 524. The number of nitrogens with zero attached hydrogens (tertiary/aromatic N) is 3. The van der Waals surface area contributed by atoms with E-state index in [-0.39, 0.29) is 5.38 Å². The van der Waals surface area contributed by atoms with Crippen molar-refractivity contribution >= 4 is 22.8 Å². The second kappa shape index (κ2) is 6.87. The molecule has 0 bridgehead atoms. The van der Waals surface area contributed by atoms with Gasteiger partial charge in [0.05, 0.1) is 5.38 Å². The Morgan fingerprint density at radius 3 is 3.00 bits per heavy atom. The Hall–Kier alpha value is -1.13. The van der Waals surface area contributed by atoms with E-state index in [9.17, 15) is 0 Å². The highest BCUT2D eigenvalue weighted by Gasteiger charge is 2.14. The summed E-state index contributed by atoms with van der Waals surface area (Å²) in [5, 5.41) is -0.120. The Morgan fingerprint density at radius 1 is 1.42 bits per heavy atom. The third-order valence-corrected chi connectivity index (χ3v) is 3.10. The van der Waals surface area contributed by atoms with Crippen molar-refractivity contribution in [1.82, 2.24) is 14.5 Å². The quantitative estimate of drug-likeness (QED) is 0.576. The number of ether oxygens (including phenoxy) is 1. The largest absolute Gasteiger partial charge is 0.381 e. The molecule has 0 saturated carbocycles. The van der Waals surface area contributed by atoms with E-state index in [0.717, 1.165) is 49.6 Å². The van der Waals surface area contributed by atoms with E-state index >= 15 is 0 Å². The van der Waals surface area contributed by atoms with Gasteiger partial charge >= 0.3 is 0 Å². The van der Waals surface area contributed by atoms with Crippen LogP contribution in [0.4, 0.5) is 0 Å². The summed E-state index contributed by atoms with van der Waals surface area (Å²) < 4.78 is 7.61. The highest BCUT2D eigenvalue weighted by Crippen LogP contribution is 2.23. The van der Waals surface area contributed by atoms with Gasteiger partial charge in [0.25, 0.3) is 0 Å². The molecule has 0 fully saturated rings. The van der Waals surface area contributed by atoms with Crippen LogP contribution in [-0.4, -0.2) is 27.7 Å². The summed E-state index contributed by atoms with van der Waals surface area (Å²) in [6, 6.07) is 3.86. The number of aryl methyl sites for hydroxylation is 1. The Balaban J connectivity index is 2.13. The van der Waals surface area contributed by atoms with Gasteiger partial charge in [-0.15, -0.1) is 11.6 Å². The van der Waals surface area contributed by atoms with Crippen LogP contribution in [0.1, 0.15) is 37.9 Å². The first-order valence-corrected chi connectivity index (χ1v) is 7.20. The number of pyridine rings is 1. The zero-order valence-corrected chi connectivity index (χ0v) is 12.2. The predicted molar refractivity (Wildman–Crippen MR) is 77.5 cm³/mol. The Morgan fingerprint density at radius 2 is 2.26 bits per heavy atom. The van der Waals surface area contributed by atoms with Crippen molar-refractivity contribution in [1.29, 1.82) is 0 Å². The minimum absolute atomic E-state index is 0.120. The number of hydrogen-bond donors (Lipinski definition) is 0. The van der Waals surface area contributed by atoms with E-state index in [4.69, 9.17) is 16.3 Å². The molecule has 1 unspecified atom stereocenters. The number of halogens is 1. The fourth-order valence-electron chi connectivity index (χ4n) is 2.07. The van der Waals surface area contributed by atoms with Crippen molar-refractivity contribution in [2.45, 2.75) is 38.6 Å². The minimum atomic E-state index is -0.120. The van der Waals surface area contributed by atoms with Crippen molar-refractivity contribution in [3.63, 3.8) is 0 Å². The van der Waals surface area contributed by atoms with Gasteiger partial charge in [-0.2, -0.15) is 0 Å². The third-order valence-electron chi connectivity index (χ3n) is 2.91. The molecule has 2 heterocycles.